The van der Waals surface area contributed by atoms with E-state index in [-0.39, 0.29) is 23.6 Å². The molecule has 1 amide bonds. The maximum atomic E-state index is 13.3. The Labute approximate surface area is 244 Å². The van der Waals surface area contributed by atoms with Crippen LogP contribution in [0.5, 0.6) is 5.75 Å². The Morgan fingerprint density at radius 2 is 1.98 bits per heavy atom. The van der Waals surface area contributed by atoms with E-state index in [1.54, 1.807) is 6.07 Å². The van der Waals surface area contributed by atoms with Crippen LogP contribution in [0.25, 0.3) is 0 Å². The molecule has 216 valence electrons. The Hall–Kier alpha value is -2.13. The van der Waals surface area contributed by atoms with Crippen LogP contribution in [0.15, 0.2) is 40.8 Å². The molecule has 6 rings (SSSR count). The normalized spacial score (nSPS) is 33.3. The molecule has 2 aromatic rings. The Bertz CT molecular complexity index is 1360. The highest BCUT2D eigenvalue weighted by atomic mass is 35.5. The van der Waals surface area contributed by atoms with Gasteiger partial charge < -0.3 is 19.7 Å². The van der Waals surface area contributed by atoms with Gasteiger partial charge in [0.2, 0.25) is 0 Å². The molecule has 6 atom stereocenters. The van der Waals surface area contributed by atoms with E-state index in [1.807, 2.05) is 18.2 Å². The molecule has 1 N–H and O–H groups in total. The van der Waals surface area contributed by atoms with Crippen LogP contribution in [-0.2, 0) is 28.3 Å². The lowest BCUT2D eigenvalue weighted by atomic mass is 9.78. The maximum absolute atomic E-state index is 13.3. The minimum absolute atomic E-state index is 0.0751. The fourth-order valence-electron chi connectivity index (χ4n) is 7.12. The zero-order valence-electron chi connectivity index (χ0n) is 23.4. The largest absolute Gasteiger partial charge is 0.491 e. The van der Waals surface area contributed by atoms with Gasteiger partial charge in [-0.15, -0.1) is 0 Å². The third-order valence-corrected chi connectivity index (χ3v) is 10.9. The van der Waals surface area contributed by atoms with Crippen molar-refractivity contribution in [3.63, 3.8) is 0 Å². The number of carbonyl (C=O) groups is 1. The van der Waals surface area contributed by atoms with Crippen molar-refractivity contribution in [1.82, 2.24) is 5.32 Å². The number of anilines is 1. The molecule has 4 bridgehead atoms. The lowest BCUT2D eigenvalue weighted by molar-refractivity contribution is 0.0135. The number of hydrogen-bond acceptors (Lipinski definition) is 6. The van der Waals surface area contributed by atoms with E-state index < -0.39 is 16.5 Å². The van der Waals surface area contributed by atoms with E-state index >= 15 is 0 Å². The van der Waals surface area contributed by atoms with Crippen molar-refractivity contribution in [2.75, 3.05) is 30.4 Å². The molecule has 0 aromatic heterocycles. The minimum Gasteiger partial charge on any atom is -0.491 e. The summed E-state index contributed by atoms with van der Waals surface area (Å²) in [6, 6.07) is 11.8. The van der Waals surface area contributed by atoms with Gasteiger partial charge in [-0.2, -0.15) is 4.36 Å². The number of ether oxygens (including phenoxy) is 2. The number of aryl methyl sites for hydroxylation is 1. The molecule has 4 aliphatic heterocycles. The molecule has 40 heavy (non-hydrogen) atoms. The Kier molecular flexibility index (Phi) is 8.14. The quantitative estimate of drug-likeness (QED) is 0.401. The van der Waals surface area contributed by atoms with Gasteiger partial charge in [0, 0.05) is 58.2 Å². The Morgan fingerprint density at radius 1 is 1.10 bits per heavy atom. The number of hydrogen-bond donors (Lipinski definition) is 2. The number of nitrogens with zero attached hydrogens (tertiary/aromatic N) is 2. The molecule has 2 aromatic carbocycles. The standard InChI is InChI=1S/C31H40ClN3O4S/c1-20-17-35-18-24-6-8-25(32)15-22(24)5-3-4-13-38-28-9-7-23(16-27(28)35)30(36)34-40(37)19-26-10-11-31(33-26)12-14-39-29(31)21(20)2/h6-9,15-16,20-21,26,29,33,40H,3-5,10-14,17-19H2,1-2H3/t20-,21+,26-,29+,31+/m0/s1. The lowest BCUT2D eigenvalue weighted by Crippen LogP contribution is -2.54. The summed E-state index contributed by atoms with van der Waals surface area (Å²) in [5.41, 5.74) is 3.68. The number of rotatable bonds is 0. The summed E-state index contributed by atoms with van der Waals surface area (Å²) >= 11 is 6.42. The lowest BCUT2D eigenvalue weighted by Gasteiger charge is -2.39. The first-order chi connectivity index (χ1) is 19.3. The van der Waals surface area contributed by atoms with E-state index in [1.165, 1.54) is 11.1 Å². The zero-order chi connectivity index (χ0) is 27.9. The summed E-state index contributed by atoms with van der Waals surface area (Å²) in [6.45, 7) is 7.37. The highest BCUT2D eigenvalue weighted by Crippen LogP contribution is 2.42. The van der Waals surface area contributed by atoms with E-state index in [0.717, 1.165) is 68.1 Å². The van der Waals surface area contributed by atoms with E-state index in [9.17, 15) is 9.00 Å². The highest BCUT2D eigenvalue weighted by Gasteiger charge is 2.51. The highest BCUT2D eigenvalue weighted by molar-refractivity contribution is 7.75. The number of nitrogens with one attached hydrogen (secondary N) is 1. The number of carbonyl (C=O) groups excluding carboxylic acids is 1. The smallest absolute Gasteiger partial charge is 0.284 e. The Balaban J connectivity index is 1.46. The van der Waals surface area contributed by atoms with Crippen LogP contribution >= 0.6 is 11.6 Å². The topological polar surface area (TPSA) is 80.2 Å². The summed E-state index contributed by atoms with van der Waals surface area (Å²) in [5, 5.41) is 4.57. The second kappa shape index (κ2) is 11.6. The molecular formula is C31H40ClN3O4S. The van der Waals surface area contributed by atoms with Gasteiger partial charge in [-0.25, -0.2) is 0 Å². The van der Waals surface area contributed by atoms with Crippen LogP contribution < -0.4 is 15.0 Å². The molecular weight excluding hydrogens is 546 g/mol. The first-order valence-electron chi connectivity index (χ1n) is 14.7. The summed E-state index contributed by atoms with van der Waals surface area (Å²) < 4.78 is 30.0. The van der Waals surface area contributed by atoms with Crippen molar-refractivity contribution in [2.45, 2.75) is 76.6 Å². The third kappa shape index (κ3) is 5.65. The molecule has 4 heterocycles. The zero-order valence-corrected chi connectivity index (χ0v) is 25.1. The van der Waals surface area contributed by atoms with E-state index in [4.69, 9.17) is 21.1 Å². The summed E-state index contributed by atoms with van der Waals surface area (Å²) in [6.07, 6.45) is 5.81. The number of amides is 1. The monoisotopic (exact) mass is 585 g/mol. The van der Waals surface area contributed by atoms with E-state index in [0.29, 0.717) is 30.4 Å². The van der Waals surface area contributed by atoms with Gasteiger partial charge in [-0.05, 0) is 91.8 Å². The summed E-state index contributed by atoms with van der Waals surface area (Å²) in [7, 11) is -2.02. The molecule has 9 heteroatoms. The Morgan fingerprint density at radius 3 is 2.85 bits per heavy atom. The van der Waals surface area contributed by atoms with Crippen molar-refractivity contribution in [1.29, 1.82) is 0 Å². The molecule has 2 fully saturated rings. The van der Waals surface area contributed by atoms with Gasteiger partial charge in [0.05, 0.1) is 18.4 Å². The van der Waals surface area contributed by atoms with Gasteiger partial charge in [0.25, 0.3) is 5.91 Å². The van der Waals surface area contributed by atoms with Crippen LogP contribution in [-0.4, -0.2) is 53.3 Å². The number of fused-ring (bicyclic) bond motifs is 3. The minimum atomic E-state index is -2.02. The molecule has 0 radical (unpaired) electrons. The van der Waals surface area contributed by atoms with Crippen LogP contribution in [0.3, 0.4) is 0 Å². The average Bonchev–Trinajstić information content (AvgIpc) is 3.52. The first kappa shape index (κ1) is 28.0. The molecule has 0 aliphatic carbocycles. The first-order valence-corrected chi connectivity index (χ1v) is 16.5. The molecule has 4 aliphatic rings. The van der Waals surface area contributed by atoms with E-state index in [2.05, 4.69) is 40.6 Å². The number of thiol groups is 1. The third-order valence-electron chi connectivity index (χ3n) is 9.46. The van der Waals surface area contributed by atoms with Crippen molar-refractivity contribution in [2.24, 2.45) is 16.2 Å². The molecule has 7 nitrogen and oxygen atoms in total. The number of benzene rings is 2. The maximum Gasteiger partial charge on any atom is 0.284 e. The predicted molar refractivity (Wildman–Crippen MR) is 160 cm³/mol. The second-order valence-corrected chi connectivity index (χ2v) is 13.8. The van der Waals surface area contributed by atoms with Gasteiger partial charge in [-0.3, -0.25) is 9.00 Å². The number of halogens is 1. The summed E-state index contributed by atoms with van der Waals surface area (Å²) in [4.78, 5) is 15.6. The van der Waals surface area contributed by atoms with Crippen molar-refractivity contribution in [3.05, 3.63) is 58.1 Å². The van der Waals surface area contributed by atoms with Crippen molar-refractivity contribution < 1.29 is 18.5 Å². The second-order valence-electron chi connectivity index (χ2n) is 12.1. The van der Waals surface area contributed by atoms with Gasteiger partial charge in [0.1, 0.15) is 5.75 Å². The molecule has 1 spiro atoms. The van der Waals surface area contributed by atoms with Crippen molar-refractivity contribution in [3.8, 4) is 5.75 Å². The summed E-state index contributed by atoms with van der Waals surface area (Å²) in [5.74, 6) is 1.28. The van der Waals surface area contributed by atoms with Crippen molar-refractivity contribution >= 4 is 33.8 Å². The molecule has 0 saturated carbocycles. The van der Waals surface area contributed by atoms with Crippen LogP contribution in [0.2, 0.25) is 5.02 Å². The fraction of sp³-hybridized carbons (Fsp3) is 0.581. The fourth-order valence-corrected chi connectivity index (χ4v) is 8.37. The predicted octanol–water partition coefficient (Wildman–Crippen LogP) is 5.43. The van der Waals surface area contributed by atoms with Gasteiger partial charge in [-0.1, -0.05) is 31.5 Å². The van der Waals surface area contributed by atoms with Gasteiger partial charge in [0.15, 0.2) is 0 Å². The molecule has 1 unspecified atom stereocenters. The SMILES string of the molecule is C[C@H]1[C@H]2OCC[C@]23CC[C@@H](C/[SH](=O)=N\C(=O)c2ccc4c(c2)N(Cc2ccc(Cl)cc2CCCCO4)C[C@@H]1C)N3. The van der Waals surface area contributed by atoms with Crippen LogP contribution in [0.1, 0.15) is 67.4 Å². The molecule has 2 saturated heterocycles. The van der Waals surface area contributed by atoms with Crippen LogP contribution in [0, 0.1) is 11.8 Å². The van der Waals surface area contributed by atoms with Crippen LogP contribution in [0.4, 0.5) is 5.69 Å². The van der Waals surface area contributed by atoms with Gasteiger partial charge >= 0.3 is 0 Å². The average molecular weight is 586 g/mol.